The third kappa shape index (κ3) is 6.10. The average molecular weight is 301 g/mol. The first-order chi connectivity index (χ1) is 9.52. The lowest BCUT2D eigenvalue weighted by Gasteiger charge is -2.15. The quantitative estimate of drug-likeness (QED) is 0.655. The highest BCUT2D eigenvalue weighted by Gasteiger charge is 2.12. The summed E-state index contributed by atoms with van der Waals surface area (Å²) < 4.78 is 0. The molecule has 6 heteroatoms. The van der Waals surface area contributed by atoms with Crippen LogP contribution in [0.5, 0.6) is 0 Å². The van der Waals surface area contributed by atoms with E-state index in [-0.39, 0.29) is 12.3 Å². The van der Waals surface area contributed by atoms with Crippen LogP contribution in [0.2, 0.25) is 5.02 Å². The molecular formula is C14H21ClN2O3. The molecule has 3 N–H and O–H groups in total. The highest BCUT2D eigenvalue weighted by atomic mass is 35.5. The number of carboxylic acids is 1. The van der Waals surface area contributed by atoms with Crippen LogP contribution in [0.1, 0.15) is 49.5 Å². The standard InChI is InChI=1S/C14H21ClN2O3/c1-2-3-10(4-5-13(18)19)6-7-16-14(20)12-8-11(15)9-17-12/h8-10,17H,2-7H2,1H3,(H,16,20)(H,18,19). The number of aliphatic carboxylic acids is 1. The number of aromatic nitrogens is 1. The molecule has 1 rings (SSSR count). The largest absolute Gasteiger partial charge is 0.481 e. The van der Waals surface area contributed by atoms with Crippen molar-refractivity contribution in [3.05, 3.63) is 23.0 Å². The number of amides is 1. The zero-order valence-corrected chi connectivity index (χ0v) is 12.4. The van der Waals surface area contributed by atoms with Crippen LogP contribution in [-0.2, 0) is 4.79 Å². The van der Waals surface area contributed by atoms with E-state index in [9.17, 15) is 9.59 Å². The third-order valence-electron chi connectivity index (χ3n) is 3.19. The van der Waals surface area contributed by atoms with Crippen LogP contribution in [-0.4, -0.2) is 28.5 Å². The molecule has 0 fully saturated rings. The molecule has 1 heterocycles. The van der Waals surface area contributed by atoms with Gasteiger partial charge in [-0.05, 0) is 24.8 Å². The van der Waals surface area contributed by atoms with E-state index in [1.807, 2.05) is 0 Å². The van der Waals surface area contributed by atoms with Crippen molar-refractivity contribution in [2.75, 3.05) is 6.54 Å². The SMILES string of the molecule is CCCC(CCNC(=O)c1cc(Cl)c[nH]1)CCC(=O)O. The van der Waals surface area contributed by atoms with Gasteiger partial charge in [-0.2, -0.15) is 0 Å². The second-order valence-electron chi connectivity index (χ2n) is 4.86. The Bertz CT molecular complexity index is 445. The van der Waals surface area contributed by atoms with Crippen LogP contribution < -0.4 is 5.32 Å². The van der Waals surface area contributed by atoms with Gasteiger partial charge in [0, 0.05) is 19.2 Å². The van der Waals surface area contributed by atoms with Crippen molar-refractivity contribution in [2.45, 2.75) is 39.0 Å². The monoisotopic (exact) mass is 300 g/mol. The van der Waals surface area contributed by atoms with Gasteiger partial charge in [0.25, 0.3) is 5.91 Å². The van der Waals surface area contributed by atoms with Crippen molar-refractivity contribution < 1.29 is 14.7 Å². The molecule has 0 spiro atoms. The molecule has 1 aromatic rings. The van der Waals surface area contributed by atoms with Crippen molar-refractivity contribution in [1.82, 2.24) is 10.3 Å². The van der Waals surface area contributed by atoms with Crippen molar-refractivity contribution in [3.63, 3.8) is 0 Å². The van der Waals surface area contributed by atoms with E-state index in [4.69, 9.17) is 16.7 Å². The smallest absolute Gasteiger partial charge is 0.303 e. The van der Waals surface area contributed by atoms with Crippen LogP contribution in [0, 0.1) is 5.92 Å². The van der Waals surface area contributed by atoms with Crippen molar-refractivity contribution in [3.8, 4) is 0 Å². The number of rotatable bonds is 9. The van der Waals surface area contributed by atoms with Gasteiger partial charge in [0.15, 0.2) is 0 Å². The van der Waals surface area contributed by atoms with Gasteiger partial charge in [-0.15, -0.1) is 0 Å². The normalized spacial score (nSPS) is 12.1. The molecule has 0 aliphatic heterocycles. The molecule has 0 saturated carbocycles. The summed E-state index contributed by atoms with van der Waals surface area (Å²) in [6.45, 7) is 2.62. The molecule has 1 amide bonds. The minimum atomic E-state index is -0.767. The summed E-state index contributed by atoms with van der Waals surface area (Å²) in [5.74, 6) is -0.620. The Balaban J connectivity index is 2.32. The van der Waals surface area contributed by atoms with Gasteiger partial charge in [-0.25, -0.2) is 0 Å². The van der Waals surface area contributed by atoms with Gasteiger partial charge in [0.2, 0.25) is 0 Å². The number of H-pyrrole nitrogens is 1. The molecule has 1 aromatic heterocycles. The Morgan fingerprint density at radius 3 is 2.70 bits per heavy atom. The molecule has 0 saturated heterocycles. The van der Waals surface area contributed by atoms with E-state index in [0.717, 1.165) is 19.3 Å². The maximum atomic E-state index is 11.8. The number of hydrogen-bond acceptors (Lipinski definition) is 2. The van der Waals surface area contributed by atoms with E-state index in [0.29, 0.717) is 29.6 Å². The predicted molar refractivity (Wildman–Crippen MR) is 78.0 cm³/mol. The summed E-state index contributed by atoms with van der Waals surface area (Å²) >= 11 is 5.73. The first kappa shape index (κ1) is 16.6. The Hall–Kier alpha value is -1.49. The number of carbonyl (C=O) groups excluding carboxylic acids is 1. The summed E-state index contributed by atoms with van der Waals surface area (Å²) in [5, 5.41) is 12.0. The van der Waals surface area contributed by atoms with Gasteiger partial charge in [0.05, 0.1) is 5.02 Å². The number of aromatic amines is 1. The first-order valence-electron chi connectivity index (χ1n) is 6.86. The minimum absolute atomic E-state index is 0.185. The third-order valence-corrected chi connectivity index (χ3v) is 3.41. The highest BCUT2D eigenvalue weighted by molar-refractivity contribution is 6.30. The van der Waals surface area contributed by atoms with Crippen LogP contribution in [0.25, 0.3) is 0 Å². The fourth-order valence-corrected chi connectivity index (χ4v) is 2.32. The van der Waals surface area contributed by atoms with E-state index in [2.05, 4.69) is 17.2 Å². The number of hydrogen-bond donors (Lipinski definition) is 3. The average Bonchev–Trinajstić information content (AvgIpc) is 2.82. The topological polar surface area (TPSA) is 82.2 Å². The molecule has 0 aliphatic rings. The first-order valence-corrected chi connectivity index (χ1v) is 7.24. The molecule has 112 valence electrons. The van der Waals surface area contributed by atoms with Gasteiger partial charge in [-0.3, -0.25) is 9.59 Å². The van der Waals surface area contributed by atoms with Gasteiger partial charge in [0.1, 0.15) is 5.69 Å². The fraction of sp³-hybridized carbons (Fsp3) is 0.571. The maximum Gasteiger partial charge on any atom is 0.303 e. The maximum absolute atomic E-state index is 11.8. The van der Waals surface area contributed by atoms with Crippen LogP contribution >= 0.6 is 11.6 Å². The van der Waals surface area contributed by atoms with Gasteiger partial charge >= 0.3 is 5.97 Å². The van der Waals surface area contributed by atoms with E-state index >= 15 is 0 Å². The van der Waals surface area contributed by atoms with Crippen molar-refractivity contribution in [1.29, 1.82) is 0 Å². The molecule has 1 unspecified atom stereocenters. The van der Waals surface area contributed by atoms with Gasteiger partial charge in [-0.1, -0.05) is 31.4 Å². The molecule has 1 atom stereocenters. The van der Waals surface area contributed by atoms with Crippen molar-refractivity contribution in [2.24, 2.45) is 5.92 Å². The Morgan fingerprint density at radius 2 is 2.15 bits per heavy atom. The second kappa shape index (κ2) is 8.64. The lowest BCUT2D eigenvalue weighted by atomic mass is 9.94. The molecule has 0 aromatic carbocycles. The van der Waals surface area contributed by atoms with E-state index in [1.54, 1.807) is 12.3 Å². The van der Waals surface area contributed by atoms with Crippen molar-refractivity contribution >= 4 is 23.5 Å². The molecular weight excluding hydrogens is 280 g/mol. The number of nitrogens with one attached hydrogen (secondary N) is 2. The lowest BCUT2D eigenvalue weighted by Crippen LogP contribution is -2.26. The van der Waals surface area contributed by atoms with Crippen LogP contribution in [0.4, 0.5) is 0 Å². The number of carboxylic acid groups (broad SMARTS) is 1. The number of halogens is 1. The fourth-order valence-electron chi connectivity index (χ4n) is 2.15. The lowest BCUT2D eigenvalue weighted by molar-refractivity contribution is -0.137. The summed E-state index contributed by atoms with van der Waals surface area (Å²) in [5.41, 5.74) is 0.438. The molecule has 20 heavy (non-hydrogen) atoms. The molecule has 5 nitrogen and oxygen atoms in total. The number of carbonyl (C=O) groups is 2. The summed E-state index contributed by atoms with van der Waals surface area (Å²) in [4.78, 5) is 25.1. The Kier molecular flexibility index (Phi) is 7.15. The zero-order valence-electron chi connectivity index (χ0n) is 11.6. The summed E-state index contributed by atoms with van der Waals surface area (Å²) in [6, 6.07) is 1.57. The van der Waals surface area contributed by atoms with Gasteiger partial charge < -0.3 is 15.4 Å². The predicted octanol–water partition coefficient (Wildman–Crippen LogP) is 3.07. The molecule has 0 bridgehead atoms. The second-order valence-corrected chi connectivity index (χ2v) is 5.30. The van der Waals surface area contributed by atoms with Crippen LogP contribution in [0.3, 0.4) is 0 Å². The van der Waals surface area contributed by atoms with E-state index in [1.165, 1.54) is 0 Å². The molecule has 0 radical (unpaired) electrons. The molecule has 0 aliphatic carbocycles. The highest BCUT2D eigenvalue weighted by Crippen LogP contribution is 2.17. The summed E-state index contributed by atoms with van der Waals surface area (Å²) in [6.07, 6.45) is 5.20. The summed E-state index contributed by atoms with van der Waals surface area (Å²) in [7, 11) is 0. The zero-order chi connectivity index (χ0) is 15.0. The van der Waals surface area contributed by atoms with Crippen LogP contribution in [0.15, 0.2) is 12.3 Å². The Morgan fingerprint density at radius 1 is 1.40 bits per heavy atom. The minimum Gasteiger partial charge on any atom is -0.481 e. The Labute approximate surface area is 123 Å². The van der Waals surface area contributed by atoms with E-state index < -0.39 is 5.97 Å².